The fourth-order valence-electron chi connectivity index (χ4n) is 4.29. The van der Waals surface area contributed by atoms with Gasteiger partial charge in [0.05, 0.1) is 0 Å². The molecule has 0 aromatic heterocycles. The van der Waals surface area contributed by atoms with Crippen LogP contribution in [0, 0.1) is 11.8 Å². The van der Waals surface area contributed by atoms with Crippen LogP contribution >= 0.6 is 11.6 Å². The van der Waals surface area contributed by atoms with E-state index in [1.54, 1.807) is 24.3 Å². The largest absolute Gasteiger partial charge is 0.356 e. The number of carbonyl (C=O) groups is 2. The molecule has 1 aromatic carbocycles. The molecular formula is C22H32ClN3O2. The highest BCUT2D eigenvalue weighted by Gasteiger charge is 2.24. The normalized spacial score (nSPS) is 20.6. The van der Waals surface area contributed by atoms with Gasteiger partial charge in [-0.3, -0.25) is 4.79 Å². The number of nitrogens with one attached hydrogen (secondary N) is 2. The average molecular weight is 406 g/mol. The minimum atomic E-state index is -0.0752. The van der Waals surface area contributed by atoms with Gasteiger partial charge in [0, 0.05) is 36.8 Å². The standard InChI is InChI=1S/C22H32ClN3O2/c23-19-9-11-20(12-10-19)25-22(28)26-14-4-7-18(16-26)8-13-21(27)24-15-17-5-2-1-3-6-17/h9-12,17-18H,1-8,13-16H2,(H,24,27)(H,25,28). The molecule has 1 heterocycles. The maximum Gasteiger partial charge on any atom is 0.321 e. The Hall–Kier alpha value is -1.75. The van der Waals surface area contributed by atoms with Gasteiger partial charge < -0.3 is 15.5 Å². The van der Waals surface area contributed by atoms with Crippen molar-refractivity contribution in [3.05, 3.63) is 29.3 Å². The number of benzene rings is 1. The molecule has 1 aliphatic heterocycles. The lowest BCUT2D eigenvalue weighted by Crippen LogP contribution is -2.42. The quantitative estimate of drug-likeness (QED) is 0.694. The SMILES string of the molecule is O=C(CCC1CCCN(C(=O)Nc2ccc(Cl)cc2)C1)NCC1CCCCC1. The van der Waals surface area contributed by atoms with Gasteiger partial charge in [0.2, 0.25) is 5.91 Å². The first-order chi connectivity index (χ1) is 13.6. The minimum absolute atomic E-state index is 0.0752. The molecular weight excluding hydrogens is 374 g/mol. The Balaban J connectivity index is 1.37. The molecule has 1 atom stereocenters. The van der Waals surface area contributed by atoms with Gasteiger partial charge >= 0.3 is 6.03 Å². The van der Waals surface area contributed by atoms with E-state index in [0.29, 0.717) is 23.3 Å². The summed E-state index contributed by atoms with van der Waals surface area (Å²) in [4.78, 5) is 26.6. The van der Waals surface area contributed by atoms with E-state index >= 15 is 0 Å². The molecule has 154 valence electrons. The number of anilines is 1. The highest BCUT2D eigenvalue weighted by molar-refractivity contribution is 6.30. The molecule has 2 aliphatic rings. The van der Waals surface area contributed by atoms with Crippen LogP contribution < -0.4 is 10.6 Å². The van der Waals surface area contributed by atoms with Crippen LogP contribution in [0.2, 0.25) is 5.02 Å². The topological polar surface area (TPSA) is 61.4 Å². The van der Waals surface area contributed by atoms with Gasteiger partial charge in [0.1, 0.15) is 0 Å². The van der Waals surface area contributed by atoms with E-state index in [9.17, 15) is 9.59 Å². The van der Waals surface area contributed by atoms with Crippen LogP contribution in [0.25, 0.3) is 0 Å². The first-order valence-corrected chi connectivity index (χ1v) is 11.1. The fraction of sp³-hybridized carbons (Fsp3) is 0.636. The number of likely N-dealkylation sites (tertiary alicyclic amines) is 1. The van der Waals surface area contributed by atoms with Crippen molar-refractivity contribution >= 4 is 29.2 Å². The predicted octanol–water partition coefficient (Wildman–Crippen LogP) is 5.06. The van der Waals surface area contributed by atoms with Crippen molar-refractivity contribution in [1.29, 1.82) is 0 Å². The molecule has 6 heteroatoms. The maximum atomic E-state index is 12.5. The number of nitrogens with zero attached hydrogens (tertiary/aromatic N) is 1. The highest BCUT2D eigenvalue weighted by atomic mass is 35.5. The van der Waals surface area contributed by atoms with E-state index in [1.165, 1.54) is 32.1 Å². The lowest BCUT2D eigenvalue weighted by atomic mass is 9.89. The van der Waals surface area contributed by atoms with E-state index < -0.39 is 0 Å². The molecule has 0 spiro atoms. The molecule has 2 N–H and O–H groups in total. The van der Waals surface area contributed by atoms with Gasteiger partial charge in [0.25, 0.3) is 0 Å². The zero-order valence-electron chi connectivity index (χ0n) is 16.6. The number of amides is 3. The van der Waals surface area contributed by atoms with Gasteiger partial charge in [0.15, 0.2) is 0 Å². The van der Waals surface area contributed by atoms with Crippen LogP contribution in [0.4, 0.5) is 10.5 Å². The fourth-order valence-corrected chi connectivity index (χ4v) is 4.42. The molecule has 1 saturated carbocycles. The van der Waals surface area contributed by atoms with Gasteiger partial charge in [-0.2, -0.15) is 0 Å². The predicted molar refractivity (Wildman–Crippen MR) is 114 cm³/mol. The van der Waals surface area contributed by atoms with E-state index in [4.69, 9.17) is 11.6 Å². The number of rotatable bonds is 6. The molecule has 0 bridgehead atoms. The van der Waals surface area contributed by atoms with Crippen LogP contribution in [0.5, 0.6) is 0 Å². The first-order valence-electron chi connectivity index (χ1n) is 10.7. The zero-order valence-corrected chi connectivity index (χ0v) is 17.3. The summed E-state index contributed by atoms with van der Waals surface area (Å²) >= 11 is 5.89. The van der Waals surface area contributed by atoms with E-state index in [2.05, 4.69) is 10.6 Å². The second-order valence-corrected chi connectivity index (χ2v) is 8.67. The molecule has 28 heavy (non-hydrogen) atoms. The van der Waals surface area contributed by atoms with Crippen molar-refractivity contribution in [3.63, 3.8) is 0 Å². The number of halogens is 1. The van der Waals surface area contributed by atoms with Crippen LogP contribution in [-0.4, -0.2) is 36.5 Å². The Morgan fingerprint density at radius 3 is 2.46 bits per heavy atom. The molecule has 2 fully saturated rings. The zero-order chi connectivity index (χ0) is 19.8. The monoisotopic (exact) mass is 405 g/mol. The van der Waals surface area contributed by atoms with Crippen LogP contribution in [0.1, 0.15) is 57.8 Å². The lowest BCUT2D eigenvalue weighted by Gasteiger charge is -2.32. The number of piperidine rings is 1. The van der Waals surface area contributed by atoms with Crippen molar-refractivity contribution < 1.29 is 9.59 Å². The van der Waals surface area contributed by atoms with Crippen molar-refractivity contribution in [2.45, 2.75) is 57.8 Å². The minimum Gasteiger partial charge on any atom is -0.356 e. The third-order valence-electron chi connectivity index (χ3n) is 5.99. The average Bonchev–Trinajstić information content (AvgIpc) is 2.73. The van der Waals surface area contributed by atoms with Gasteiger partial charge in [-0.15, -0.1) is 0 Å². The Bertz CT molecular complexity index is 644. The maximum absolute atomic E-state index is 12.5. The Morgan fingerprint density at radius 2 is 1.71 bits per heavy atom. The summed E-state index contributed by atoms with van der Waals surface area (Å²) in [6.45, 7) is 2.32. The summed E-state index contributed by atoms with van der Waals surface area (Å²) in [6, 6.07) is 7.06. The Kier molecular flexibility index (Phi) is 8.01. The van der Waals surface area contributed by atoms with Crippen molar-refractivity contribution in [2.24, 2.45) is 11.8 Å². The third-order valence-corrected chi connectivity index (χ3v) is 6.25. The van der Waals surface area contributed by atoms with E-state index in [1.807, 2.05) is 4.90 Å². The smallest absolute Gasteiger partial charge is 0.321 e. The molecule has 3 rings (SSSR count). The van der Waals surface area contributed by atoms with E-state index in [-0.39, 0.29) is 11.9 Å². The lowest BCUT2D eigenvalue weighted by molar-refractivity contribution is -0.121. The van der Waals surface area contributed by atoms with Gasteiger partial charge in [-0.25, -0.2) is 4.79 Å². The Morgan fingerprint density at radius 1 is 1.00 bits per heavy atom. The molecule has 1 saturated heterocycles. The van der Waals surface area contributed by atoms with Crippen LogP contribution in [0.3, 0.4) is 0 Å². The van der Waals surface area contributed by atoms with Crippen molar-refractivity contribution in [1.82, 2.24) is 10.2 Å². The molecule has 0 radical (unpaired) electrons. The molecule has 3 amide bonds. The van der Waals surface area contributed by atoms with Gasteiger partial charge in [-0.1, -0.05) is 30.9 Å². The number of carbonyl (C=O) groups excluding carboxylic acids is 2. The summed E-state index contributed by atoms with van der Waals surface area (Å²) in [5.74, 6) is 1.22. The summed E-state index contributed by atoms with van der Waals surface area (Å²) in [7, 11) is 0. The van der Waals surface area contributed by atoms with Crippen molar-refractivity contribution in [3.8, 4) is 0 Å². The molecule has 1 aliphatic carbocycles. The van der Waals surface area contributed by atoms with Gasteiger partial charge in [-0.05, 0) is 68.2 Å². The summed E-state index contributed by atoms with van der Waals surface area (Å²) < 4.78 is 0. The Labute approximate surface area is 173 Å². The second kappa shape index (κ2) is 10.7. The second-order valence-electron chi connectivity index (χ2n) is 8.24. The van der Waals surface area contributed by atoms with Crippen LogP contribution in [0.15, 0.2) is 24.3 Å². The summed E-state index contributed by atoms with van der Waals surface area (Å²) in [5, 5.41) is 6.70. The first kappa shape index (κ1) is 21.0. The number of urea groups is 1. The summed E-state index contributed by atoms with van der Waals surface area (Å²) in [5.41, 5.74) is 0.749. The molecule has 1 unspecified atom stereocenters. The molecule has 1 aromatic rings. The number of hydrogen-bond acceptors (Lipinski definition) is 2. The van der Waals surface area contributed by atoms with Crippen molar-refractivity contribution in [2.75, 3.05) is 25.0 Å². The third kappa shape index (κ3) is 6.69. The summed E-state index contributed by atoms with van der Waals surface area (Å²) in [6.07, 6.45) is 9.93. The highest BCUT2D eigenvalue weighted by Crippen LogP contribution is 2.24. The number of hydrogen-bond donors (Lipinski definition) is 2. The van der Waals surface area contributed by atoms with Crippen LogP contribution in [-0.2, 0) is 4.79 Å². The molecule has 5 nitrogen and oxygen atoms in total. The van der Waals surface area contributed by atoms with E-state index in [0.717, 1.165) is 44.6 Å².